The first-order valence-electron chi connectivity index (χ1n) is 41.8. The lowest BCUT2D eigenvalue weighted by Gasteiger charge is -2.35. The Hall–Kier alpha value is -1.38. The number of rotatable bonds is 22. The van der Waals surface area contributed by atoms with Gasteiger partial charge in [0.25, 0.3) is 0 Å². The van der Waals surface area contributed by atoms with E-state index in [4.69, 9.17) is 42.6 Å². The maximum atomic E-state index is 5.81. The molecule has 0 bridgehead atoms. The fraction of sp³-hybridized carbons (Fsp3) is 0.929. The molecule has 3 aliphatic carbocycles. The molecule has 0 aromatic heterocycles. The lowest BCUT2D eigenvalue weighted by Crippen LogP contribution is -2.41. The Kier molecular flexibility index (Phi) is 54.7. The molecule has 6 heterocycles. The molecule has 2 atom stereocenters. The molecule has 9 fully saturated rings. The normalized spacial score (nSPS) is 22.6. The first-order valence-corrected chi connectivity index (χ1v) is 41.8. The Morgan fingerprint density at radius 1 is 0.350 bits per heavy atom. The predicted molar refractivity (Wildman–Crippen MR) is 425 cm³/mol. The number of nitrogens with one attached hydrogen (secondary N) is 1. The summed E-state index contributed by atoms with van der Waals surface area (Å²) in [5.41, 5.74) is 1.24. The van der Waals surface area contributed by atoms with E-state index in [1.165, 1.54) is 219 Å². The van der Waals surface area contributed by atoms with Crippen LogP contribution in [0.2, 0.25) is 0 Å². The van der Waals surface area contributed by atoms with Gasteiger partial charge in [0, 0.05) is 77.5 Å². The van der Waals surface area contributed by atoms with E-state index in [1.54, 1.807) is 0 Å². The highest BCUT2D eigenvalue weighted by Crippen LogP contribution is 2.30. The second-order valence-corrected chi connectivity index (χ2v) is 32.9. The highest BCUT2D eigenvalue weighted by molar-refractivity contribution is 5.13. The first-order chi connectivity index (χ1) is 47.6. The van der Waals surface area contributed by atoms with Gasteiger partial charge < -0.3 is 72.4 Å². The van der Waals surface area contributed by atoms with E-state index < -0.39 is 0 Å². The number of likely N-dealkylation sites (N-methyl/N-ethyl adjacent to an activating group) is 1. The van der Waals surface area contributed by atoms with Crippen molar-refractivity contribution in [3.63, 3.8) is 0 Å². The minimum atomic E-state index is 0.315. The molecule has 592 valence electrons. The summed E-state index contributed by atoms with van der Waals surface area (Å²) in [4.78, 5) is 12.4. The summed E-state index contributed by atoms with van der Waals surface area (Å²) < 4.78 is 51.2. The summed E-state index contributed by atoms with van der Waals surface area (Å²) in [7, 11) is 4.33. The molecule has 0 amide bonds. The van der Waals surface area contributed by atoms with Crippen LogP contribution in [0.1, 0.15) is 299 Å². The molecule has 1 aromatic carbocycles. The Balaban J connectivity index is 0.000000383. The van der Waals surface area contributed by atoms with Crippen molar-refractivity contribution in [2.45, 2.75) is 416 Å². The van der Waals surface area contributed by atoms with Crippen LogP contribution in [0.4, 0.5) is 0 Å². The fourth-order valence-electron chi connectivity index (χ4n) is 14.1. The number of piperidine rings is 6. The van der Waals surface area contributed by atoms with Crippen LogP contribution < -0.4 is 5.32 Å². The third-order valence-corrected chi connectivity index (χ3v) is 19.2. The summed E-state index contributed by atoms with van der Waals surface area (Å²) >= 11 is 0. The van der Waals surface area contributed by atoms with E-state index in [-0.39, 0.29) is 0 Å². The molecule has 1 aromatic rings. The van der Waals surface area contributed by atoms with Crippen molar-refractivity contribution in [1.29, 1.82) is 0 Å². The van der Waals surface area contributed by atoms with E-state index in [9.17, 15) is 0 Å². The van der Waals surface area contributed by atoms with Crippen LogP contribution in [0.25, 0.3) is 0 Å². The summed E-state index contributed by atoms with van der Waals surface area (Å²) in [6, 6.07) is 11.8. The number of ether oxygens (including phenoxy) is 9. The maximum absolute atomic E-state index is 5.81. The summed E-state index contributed by atoms with van der Waals surface area (Å²) in [5.74, 6) is 0. The van der Waals surface area contributed by atoms with Gasteiger partial charge in [0.2, 0.25) is 0 Å². The van der Waals surface area contributed by atoms with Crippen molar-refractivity contribution in [3.8, 4) is 0 Å². The van der Waals surface area contributed by atoms with Gasteiger partial charge in [-0.1, -0.05) is 69.4 Å². The largest absolute Gasteiger partial charge is 0.376 e. The van der Waals surface area contributed by atoms with Crippen LogP contribution in [0, 0.1) is 0 Å². The fourth-order valence-corrected chi connectivity index (χ4v) is 14.1. The van der Waals surface area contributed by atoms with E-state index in [0.29, 0.717) is 110 Å². The summed E-state index contributed by atoms with van der Waals surface area (Å²) in [5, 5.41) is 3.32. The summed E-state index contributed by atoms with van der Waals surface area (Å²) in [6.45, 7) is 60.9. The van der Waals surface area contributed by atoms with Gasteiger partial charge in [-0.05, 0) is 293 Å². The Labute approximate surface area is 620 Å². The molecule has 0 spiro atoms. The van der Waals surface area contributed by atoms with Crippen molar-refractivity contribution in [2.24, 2.45) is 0 Å². The molecule has 15 heteroatoms. The Morgan fingerprint density at radius 2 is 0.710 bits per heavy atom. The molecule has 6 saturated heterocycles. The lowest BCUT2D eigenvalue weighted by molar-refractivity contribution is -0.0310. The van der Waals surface area contributed by atoms with Crippen molar-refractivity contribution in [3.05, 3.63) is 35.9 Å². The molecule has 1 N–H and O–H groups in total. The second kappa shape index (κ2) is 57.8. The topological polar surface area (TPSA) is 111 Å². The van der Waals surface area contributed by atoms with E-state index >= 15 is 0 Å². The number of nitrogens with zero attached hydrogens (tertiary/aromatic N) is 5. The molecule has 2 unspecified atom stereocenters. The minimum absolute atomic E-state index is 0.315. The third-order valence-electron chi connectivity index (χ3n) is 19.2. The van der Waals surface area contributed by atoms with Crippen LogP contribution >= 0.6 is 0 Å². The zero-order chi connectivity index (χ0) is 74.2. The van der Waals surface area contributed by atoms with E-state index in [0.717, 1.165) is 32.3 Å². The zero-order valence-corrected chi connectivity index (χ0v) is 69.9. The standard InChI is InChI=1S/C11H21NO.C11H23NO.C10H21NO.C10H14O.2C9H19NO.C9H18O.C8H17NO.C8H16O/c1-9(2)13-11-5-7-12(8-6-11)10-3-4-10;1-9(2)12-7-5-11(6-8-12)13-10(3)4;1-4-11-7-5-10(6-8-11)12-9(2)3;1-9(2)11-8-10-6-4-3-5-7-10;1-8(2)11-9-4-6-10(3)7-5-9;1-8(2)11-9-5-4-6-10(3)7-9;1-8(2)10-9-6-4-3-5-7-9;1-7(2)10-8-4-3-5-9-6-8;1-7(2)9-8-5-3-4-6-8/h9-11H,3-8H2,1-2H3;9-11H,5-8H2,1-4H3;9-10H,4-8H2,1-3H3;3-7,9H,8H2,1-2H3;2*8-9H,4-7H2,1-3H3;8-9H,3-7H2,1-2H3;7-9H,3-6H2,1-2H3;7-8H,3-6H2,1-2H3. The second-order valence-electron chi connectivity index (χ2n) is 32.9. The number of likely N-dealkylation sites (tertiary alicyclic amines) is 5. The van der Waals surface area contributed by atoms with Crippen molar-refractivity contribution >= 4 is 0 Å². The average Bonchev–Trinajstić information content (AvgIpc) is 1.70. The zero-order valence-electron chi connectivity index (χ0n) is 69.9. The SMILES string of the molecule is CC(C)OC1CCCC1.CC(C)OC1CCCCC1.CC(C)OC1CCCN(C)C1.CC(C)OC1CCCNC1.CC(C)OC1CCN(C(C)C)CC1.CC(C)OC1CCN(C)CC1.CC(C)OC1CCN(C2CC2)CC1.CC(C)OCc1ccccc1.CCN1CCC(OC(C)C)CC1. The maximum Gasteiger partial charge on any atom is 0.0720 e. The number of hydrogen-bond acceptors (Lipinski definition) is 15. The highest BCUT2D eigenvalue weighted by Gasteiger charge is 2.32. The number of benzene rings is 1. The van der Waals surface area contributed by atoms with Crippen LogP contribution in [-0.4, -0.2) is 240 Å². The van der Waals surface area contributed by atoms with Gasteiger partial charge >= 0.3 is 0 Å². The average molecular weight is 1420 g/mol. The highest BCUT2D eigenvalue weighted by atomic mass is 16.5. The molecule has 15 nitrogen and oxygen atoms in total. The van der Waals surface area contributed by atoms with E-state index in [2.05, 4.69) is 188 Å². The van der Waals surface area contributed by atoms with Crippen LogP contribution in [0.15, 0.2) is 30.3 Å². The molecular formula is C85H168N6O9. The van der Waals surface area contributed by atoms with Crippen molar-refractivity contribution < 1.29 is 42.6 Å². The van der Waals surface area contributed by atoms with Crippen LogP contribution in [-0.2, 0) is 49.2 Å². The monoisotopic (exact) mass is 1420 g/mol. The van der Waals surface area contributed by atoms with Crippen LogP contribution in [0.3, 0.4) is 0 Å². The Bertz CT molecular complexity index is 1880. The molecule has 10 rings (SSSR count). The first kappa shape index (κ1) is 94.7. The molecular weight excluding hydrogens is 1250 g/mol. The molecule has 9 aliphatic rings. The number of hydrogen-bond donors (Lipinski definition) is 1. The quantitative estimate of drug-likeness (QED) is 0.119. The van der Waals surface area contributed by atoms with Gasteiger partial charge in [0.1, 0.15) is 0 Å². The summed E-state index contributed by atoms with van der Waals surface area (Å²) in [6.07, 6.45) is 37.4. The van der Waals surface area contributed by atoms with Gasteiger partial charge in [-0.15, -0.1) is 0 Å². The van der Waals surface area contributed by atoms with Gasteiger partial charge in [0.15, 0.2) is 0 Å². The van der Waals surface area contributed by atoms with Gasteiger partial charge in [-0.3, -0.25) is 0 Å². The van der Waals surface area contributed by atoms with E-state index in [1.807, 2.05) is 32.0 Å². The smallest absolute Gasteiger partial charge is 0.0720 e. The predicted octanol–water partition coefficient (Wildman–Crippen LogP) is 18.1. The van der Waals surface area contributed by atoms with Crippen molar-refractivity contribution in [2.75, 3.05) is 99.2 Å². The van der Waals surface area contributed by atoms with Crippen LogP contribution in [0.5, 0.6) is 0 Å². The molecule has 3 saturated carbocycles. The molecule has 6 aliphatic heterocycles. The lowest BCUT2D eigenvalue weighted by atomic mass is 9.98. The Morgan fingerprint density at radius 3 is 1.08 bits per heavy atom. The van der Waals surface area contributed by atoms with Gasteiger partial charge in [-0.2, -0.15) is 0 Å². The third kappa shape index (κ3) is 52.6. The van der Waals surface area contributed by atoms with Gasteiger partial charge in [0.05, 0.1) is 110 Å². The minimum Gasteiger partial charge on any atom is -0.376 e. The molecule has 0 radical (unpaired) electrons. The molecule has 100 heavy (non-hydrogen) atoms. The van der Waals surface area contributed by atoms with Gasteiger partial charge in [-0.25, -0.2) is 0 Å². The van der Waals surface area contributed by atoms with Crippen molar-refractivity contribution in [1.82, 2.24) is 29.8 Å².